The SMILES string of the molecule is COC(=O)[C@@H](NC(=O)N1C(=O)[C@@]2(c3cc(C#CCN(C)Cc4ccccc4)ccc31)[C@H](c1ccc(O)cc1)N1[C@H](c3ccccc3)[C@H](c3ccccc3)OC(=O)[C@H]1[C@@H]2C(=O)Nc1ccc(N2CCOCC2)cc1)C(C)C. The molecule has 7 atom stereocenters. The van der Waals surface area contributed by atoms with Crippen LogP contribution in [0.5, 0.6) is 5.75 Å². The number of fused-ring (bicyclic) bond motifs is 3. The maximum Gasteiger partial charge on any atom is 0.329 e. The molecule has 6 aromatic carbocycles. The molecule has 4 aliphatic rings. The van der Waals surface area contributed by atoms with Gasteiger partial charge in [0.1, 0.15) is 29.4 Å². The highest BCUT2D eigenvalue weighted by Gasteiger charge is 2.75. The molecule has 3 saturated heterocycles. The topological polar surface area (TPSA) is 170 Å². The third kappa shape index (κ3) is 9.67. The Balaban J connectivity index is 1.20. The predicted molar refractivity (Wildman–Crippen MR) is 287 cm³/mol. The fourth-order valence-corrected chi connectivity index (χ4v) is 11.5. The molecule has 76 heavy (non-hydrogen) atoms. The average molecular weight is 1020 g/mol. The fourth-order valence-electron chi connectivity index (χ4n) is 11.5. The number of carbonyl (C=O) groups excluding carboxylic acids is 5. The van der Waals surface area contributed by atoms with Gasteiger partial charge < -0.3 is 34.9 Å². The number of hydrogen-bond acceptors (Lipinski definition) is 12. The van der Waals surface area contributed by atoms with Gasteiger partial charge in [-0.2, -0.15) is 0 Å². The Morgan fingerprint density at radius 3 is 2.09 bits per heavy atom. The van der Waals surface area contributed by atoms with Gasteiger partial charge in [-0.05, 0) is 95.4 Å². The van der Waals surface area contributed by atoms with Crippen molar-refractivity contribution in [3.05, 3.63) is 191 Å². The summed E-state index contributed by atoms with van der Waals surface area (Å²) in [4.78, 5) is 84.1. The Morgan fingerprint density at radius 2 is 1.45 bits per heavy atom. The Hall–Kier alpha value is -8.29. The summed E-state index contributed by atoms with van der Waals surface area (Å²) in [6, 6.07) is 42.0. The second kappa shape index (κ2) is 21.9. The molecule has 0 unspecified atom stereocenters. The van der Waals surface area contributed by atoms with Gasteiger partial charge in [0.25, 0.3) is 0 Å². The van der Waals surface area contributed by atoms with Crippen molar-refractivity contribution in [3.63, 3.8) is 0 Å². The van der Waals surface area contributed by atoms with Crippen molar-refractivity contribution in [1.29, 1.82) is 0 Å². The van der Waals surface area contributed by atoms with Crippen LogP contribution < -0.4 is 20.4 Å². The Morgan fingerprint density at radius 1 is 0.803 bits per heavy atom. The van der Waals surface area contributed by atoms with Crippen molar-refractivity contribution < 1.29 is 43.3 Å². The predicted octanol–water partition coefficient (Wildman–Crippen LogP) is 7.92. The lowest BCUT2D eigenvalue weighted by atomic mass is 9.65. The van der Waals surface area contributed by atoms with E-state index in [1.165, 1.54) is 19.2 Å². The van der Waals surface area contributed by atoms with Gasteiger partial charge in [-0.3, -0.25) is 24.2 Å². The van der Waals surface area contributed by atoms with Crippen LogP contribution in [0.3, 0.4) is 0 Å². The van der Waals surface area contributed by atoms with Crippen LogP contribution in [0.25, 0.3) is 0 Å². The van der Waals surface area contributed by atoms with Crippen molar-refractivity contribution in [2.75, 3.05) is 62.1 Å². The molecule has 1 spiro atoms. The summed E-state index contributed by atoms with van der Waals surface area (Å²) in [5.41, 5.74) is 3.05. The highest BCUT2D eigenvalue weighted by molar-refractivity contribution is 6.25. The van der Waals surface area contributed by atoms with E-state index in [2.05, 4.69) is 32.3 Å². The molecule has 0 radical (unpaired) electrons. The summed E-state index contributed by atoms with van der Waals surface area (Å²) < 4.78 is 17.3. The van der Waals surface area contributed by atoms with E-state index in [1.54, 1.807) is 56.3 Å². The number of rotatable bonds is 12. The second-order valence-corrected chi connectivity index (χ2v) is 20.0. The van der Waals surface area contributed by atoms with E-state index < -0.39 is 77.3 Å². The summed E-state index contributed by atoms with van der Waals surface area (Å²) in [6.07, 6.45) is -0.953. The third-order valence-corrected chi connectivity index (χ3v) is 14.9. The quantitative estimate of drug-likeness (QED) is 0.0801. The zero-order chi connectivity index (χ0) is 53.1. The number of amides is 4. The maximum atomic E-state index is 16.8. The van der Waals surface area contributed by atoms with E-state index in [1.807, 2.05) is 115 Å². The van der Waals surface area contributed by atoms with Crippen LogP contribution in [-0.4, -0.2) is 104 Å². The van der Waals surface area contributed by atoms with Gasteiger partial charge in [0.2, 0.25) is 11.8 Å². The molecule has 3 fully saturated rings. The van der Waals surface area contributed by atoms with Crippen molar-refractivity contribution in [2.45, 2.75) is 56.1 Å². The molecule has 10 rings (SSSR count). The first-order valence-electron chi connectivity index (χ1n) is 25.6. The summed E-state index contributed by atoms with van der Waals surface area (Å²) in [7, 11) is 3.19. The zero-order valence-electron chi connectivity index (χ0n) is 42.8. The van der Waals surface area contributed by atoms with Crippen LogP contribution >= 0.6 is 0 Å². The highest BCUT2D eigenvalue weighted by atomic mass is 16.6. The molecule has 0 bridgehead atoms. The number of phenolic OH excluding ortho intramolecular Hbond substituents is 1. The van der Waals surface area contributed by atoms with E-state index in [0.29, 0.717) is 61.8 Å². The summed E-state index contributed by atoms with van der Waals surface area (Å²) in [6.45, 7) is 7.06. The lowest BCUT2D eigenvalue weighted by Crippen LogP contribution is -2.57. The Bertz CT molecular complexity index is 3160. The van der Waals surface area contributed by atoms with Crippen LogP contribution in [0.15, 0.2) is 158 Å². The fraction of sp³-hybridized carbons (Fsp3) is 0.295. The lowest BCUT2D eigenvalue weighted by molar-refractivity contribution is -0.177. The van der Waals surface area contributed by atoms with E-state index in [-0.39, 0.29) is 17.0 Å². The van der Waals surface area contributed by atoms with Crippen LogP contribution in [0.4, 0.5) is 21.9 Å². The third-order valence-electron chi connectivity index (χ3n) is 14.9. The molecule has 6 aromatic rings. The number of ether oxygens (including phenoxy) is 3. The number of nitrogens with zero attached hydrogens (tertiary/aromatic N) is 4. The number of hydrogen-bond donors (Lipinski definition) is 3. The standard InChI is InChI=1S/C61H60N6O9/c1-39(2)51(57(70)74-4)63-60(73)66-49-31-22-40(17-14-32-64(3)38-41-15-8-5-9-16-41)37-48(49)61(59(66)72)50(56(69)62-45-25-27-46(28-26-45)65-33-35-75-36-34-65)53-58(71)76-54(43-20-12-7-13-21-43)52(42-18-10-6-11-19-42)67(53)55(61)44-23-29-47(68)30-24-44/h5-13,15-16,18-31,37,39,50-55,68H,32-36,38H2,1-4H3,(H,62,69)(H,63,73)/t50-,51+,52-,53-,54+,55+,61-/m1/s1. The number of anilines is 3. The van der Waals surface area contributed by atoms with Gasteiger partial charge in [-0.15, -0.1) is 0 Å². The van der Waals surface area contributed by atoms with Gasteiger partial charge in [-0.1, -0.05) is 129 Å². The van der Waals surface area contributed by atoms with E-state index in [0.717, 1.165) is 21.7 Å². The largest absolute Gasteiger partial charge is 0.508 e. The molecule has 3 N–H and O–H groups in total. The van der Waals surface area contributed by atoms with Gasteiger partial charge in [-0.25, -0.2) is 14.5 Å². The first kappa shape index (κ1) is 51.2. The van der Waals surface area contributed by atoms with Gasteiger partial charge >= 0.3 is 18.0 Å². The van der Waals surface area contributed by atoms with E-state index >= 15 is 19.2 Å². The number of urea groups is 1. The minimum Gasteiger partial charge on any atom is -0.508 e. The molecule has 0 aromatic heterocycles. The molecular weight excluding hydrogens is 961 g/mol. The van der Waals surface area contributed by atoms with Crippen molar-refractivity contribution in [3.8, 4) is 17.6 Å². The minimum atomic E-state index is -2.12. The number of esters is 2. The molecule has 388 valence electrons. The smallest absolute Gasteiger partial charge is 0.329 e. The van der Waals surface area contributed by atoms with Crippen LogP contribution in [0, 0.1) is 23.7 Å². The van der Waals surface area contributed by atoms with Crippen molar-refractivity contribution in [2.24, 2.45) is 11.8 Å². The molecule has 0 aliphatic carbocycles. The average Bonchev–Trinajstić information content (AvgIpc) is 4.10. The number of aromatic hydroxyl groups is 1. The zero-order valence-corrected chi connectivity index (χ0v) is 42.8. The number of imide groups is 1. The van der Waals surface area contributed by atoms with Gasteiger partial charge in [0, 0.05) is 36.6 Å². The lowest BCUT2D eigenvalue weighted by Gasteiger charge is -2.46. The Labute approximate surface area is 442 Å². The number of nitrogens with one attached hydrogen (secondary N) is 2. The molecule has 0 saturated carbocycles. The number of morpholine rings is 2. The number of methoxy groups -OCH3 is 1. The van der Waals surface area contributed by atoms with E-state index in [4.69, 9.17) is 14.2 Å². The Kier molecular flexibility index (Phi) is 14.7. The first-order valence-corrected chi connectivity index (χ1v) is 25.6. The summed E-state index contributed by atoms with van der Waals surface area (Å²) in [5, 5.41) is 16.8. The van der Waals surface area contributed by atoms with Crippen molar-refractivity contribution in [1.82, 2.24) is 15.1 Å². The number of carbonyl (C=O) groups is 5. The van der Waals surface area contributed by atoms with Gasteiger partial charge in [0.15, 0.2) is 0 Å². The second-order valence-electron chi connectivity index (χ2n) is 20.0. The first-order chi connectivity index (χ1) is 36.9. The summed E-state index contributed by atoms with van der Waals surface area (Å²) >= 11 is 0. The van der Waals surface area contributed by atoms with E-state index in [9.17, 15) is 9.90 Å². The maximum absolute atomic E-state index is 16.8. The van der Waals surface area contributed by atoms with Crippen LogP contribution in [0.1, 0.15) is 65.4 Å². The molecule has 4 aliphatic heterocycles. The van der Waals surface area contributed by atoms with Crippen LogP contribution in [0.2, 0.25) is 0 Å². The molecule has 4 heterocycles. The number of benzene rings is 6. The van der Waals surface area contributed by atoms with Gasteiger partial charge in [0.05, 0.1) is 50.6 Å². The molecule has 15 heteroatoms. The molecular formula is C61H60N6O9. The number of phenols is 1. The highest BCUT2D eigenvalue weighted by Crippen LogP contribution is 2.66. The number of cyclic esters (lactones) is 1. The van der Waals surface area contributed by atoms with Crippen LogP contribution in [-0.2, 0) is 45.3 Å². The normalized spacial score (nSPS) is 22.3. The molecule has 4 amide bonds. The monoisotopic (exact) mass is 1020 g/mol. The minimum absolute atomic E-state index is 0.0570. The van der Waals surface area contributed by atoms with Crippen molar-refractivity contribution >= 4 is 46.8 Å². The molecule has 15 nitrogen and oxygen atoms in total. The summed E-state index contributed by atoms with van der Waals surface area (Å²) in [5.74, 6) is 1.48.